The SMILES string of the molecule is COC(=O)[C@H]1CC2C(C#N)CC2C[C@H]1C(=O)OC. The van der Waals surface area contributed by atoms with Gasteiger partial charge in [0, 0.05) is 5.92 Å². The largest absolute Gasteiger partial charge is 0.469 e. The highest BCUT2D eigenvalue weighted by atomic mass is 16.5. The van der Waals surface area contributed by atoms with E-state index in [1.54, 1.807) is 0 Å². The molecule has 0 aromatic carbocycles. The standard InChI is InChI=1S/C13H17NO4/c1-17-12(15)10-4-7-3-8(6-14)9(7)5-11(10)13(16)18-2/h7-11H,3-5H2,1-2H3/t7?,8?,9?,10-,11+/m1/s1. The molecule has 0 saturated heterocycles. The van der Waals surface area contributed by atoms with Crippen LogP contribution in [0, 0.1) is 40.9 Å². The summed E-state index contributed by atoms with van der Waals surface area (Å²) in [6.45, 7) is 0. The Morgan fingerprint density at radius 1 is 1.06 bits per heavy atom. The molecule has 5 heteroatoms. The highest BCUT2D eigenvalue weighted by molar-refractivity contribution is 5.82. The minimum absolute atomic E-state index is 0.0285. The summed E-state index contributed by atoms with van der Waals surface area (Å²) in [5.41, 5.74) is 0. The van der Waals surface area contributed by atoms with Crippen molar-refractivity contribution in [2.75, 3.05) is 14.2 Å². The molecule has 0 aromatic rings. The Balaban J connectivity index is 2.14. The molecule has 5 atom stereocenters. The van der Waals surface area contributed by atoms with E-state index in [4.69, 9.17) is 14.7 Å². The lowest BCUT2D eigenvalue weighted by molar-refractivity contribution is -0.165. The maximum absolute atomic E-state index is 11.8. The van der Waals surface area contributed by atoms with Crippen LogP contribution in [0.1, 0.15) is 19.3 Å². The summed E-state index contributed by atoms with van der Waals surface area (Å²) in [5, 5.41) is 8.97. The van der Waals surface area contributed by atoms with E-state index in [1.165, 1.54) is 14.2 Å². The molecule has 0 bridgehead atoms. The lowest BCUT2D eigenvalue weighted by atomic mass is 9.54. The van der Waals surface area contributed by atoms with Gasteiger partial charge in [-0.2, -0.15) is 5.26 Å². The number of esters is 2. The van der Waals surface area contributed by atoms with E-state index in [0.29, 0.717) is 18.8 Å². The van der Waals surface area contributed by atoms with E-state index >= 15 is 0 Å². The first-order valence-electron chi connectivity index (χ1n) is 6.17. The molecule has 3 unspecified atom stereocenters. The predicted molar refractivity (Wildman–Crippen MR) is 60.9 cm³/mol. The van der Waals surface area contributed by atoms with E-state index in [0.717, 1.165) is 6.42 Å². The molecule has 18 heavy (non-hydrogen) atoms. The molecule has 0 spiro atoms. The monoisotopic (exact) mass is 251 g/mol. The van der Waals surface area contributed by atoms with Crippen molar-refractivity contribution < 1.29 is 19.1 Å². The van der Waals surface area contributed by atoms with Crippen molar-refractivity contribution in [1.82, 2.24) is 0 Å². The molecule has 2 aliphatic carbocycles. The number of nitriles is 1. The van der Waals surface area contributed by atoms with Crippen molar-refractivity contribution in [3.05, 3.63) is 0 Å². The van der Waals surface area contributed by atoms with Gasteiger partial charge < -0.3 is 9.47 Å². The van der Waals surface area contributed by atoms with Gasteiger partial charge in [0.2, 0.25) is 0 Å². The Kier molecular flexibility index (Phi) is 3.55. The maximum atomic E-state index is 11.8. The summed E-state index contributed by atoms with van der Waals surface area (Å²) in [7, 11) is 2.66. The fourth-order valence-electron chi connectivity index (χ4n) is 3.36. The minimum atomic E-state index is -0.458. The van der Waals surface area contributed by atoms with Crippen LogP contribution in [0.25, 0.3) is 0 Å². The van der Waals surface area contributed by atoms with Crippen LogP contribution in [0.15, 0.2) is 0 Å². The van der Waals surface area contributed by atoms with E-state index < -0.39 is 11.8 Å². The van der Waals surface area contributed by atoms with Gasteiger partial charge in [-0.05, 0) is 31.1 Å². The molecule has 2 fully saturated rings. The van der Waals surface area contributed by atoms with E-state index in [9.17, 15) is 9.59 Å². The quantitative estimate of drug-likeness (QED) is 0.688. The van der Waals surface area contributed by atoms with E-state index in [1.807, 2.05) is 0 Å². The van der Waals surface area contributed by atoms with Gasteiger partial charge in [0.25, 0.3) is 0 Å². The summed E-state index contributed by atoms with van der Waals surface area (Å²) >= 11 is 0. The molecule has 2 rings (SSSR count). The Bertz CT molecular complexity index is 400. The number of nitrogens with zero attached hydrogens (tertiary/aromatic N) is 1. The third-order valence-electron chi connectivity index (χ3n) is 4.42. The summed E-state index contributed by atoms with van der Waals surface area (Å²) in [4.78, 5) is 23.5. The number of carbonyl (C=O) groups is 2. The molecule has 2 saturated carbocycles. The zero-order valence-electron chi connectivity index (χ0n) is 10.6. The number of methoxy groups -OCH3 is 2. The van der Waals surface area contributed by atoms with Gasteiger partial charge in [-0.25, -0.2) is 0 Å². The van der Waals surface area contributed by atoms with Crippen LogP contribution in [-0.4, -0.2) is 26.2 Å². The highest BCUT2D eigenvalue weighted by Gasteiger charge is 2.52. The molecule has 0 radical (unpaired) electrons. The summed E-state index contributed by atoms with van der Waals surface area (Å²) < 4.78 is 9.53. The third-order valence-corrected chi connectivity index (χ3v) is 4.42. The molecular weight excluding hydrogens is 234 g/mol. The minimum Gasteiger partial charge on any atom is -0.469 e. The molecule has 5 nitrogen and oxygen atoms in total. The normalized spacial score (nSPS) is 37.7. The van der Waals surface area contributed by atoms with E-state index in [-0.39, 0.29) is 23.8 Å². The number of hydrogen-bond donors (Lipinski definition) is 0. The van der Waals surface area contributed by atoms with Crippen LogP contribution in [0.5, 0.6) is 0 Å². The molecular formula is C13H17NO4. The molecule has 0 amide bonds. The Morgan fingerprint density at radius 3 is 2.11 bits per heavy atom. The first-order valence-corrected chi connectivity index (χ1v) is 6.17. The average Bonchev–Trinajstić information content (AvgIpc) is 2.38. The van der Waals surface area contributed by atoms with Gasteiger partial charge >= 0.3 is 11.9 Å². The fourth-order valence-corrected chi connectivity index (χ4v) is 3.36. The van der Waals surface area contributed by atoms with Crippen molar-refractivity contribution in [2.45, 2.75) is 19.3 Å². The van der Waals surface area contributed by atoms with Crippen molar-refractivity contribution in [3.63, 3.8) is 0 Å². The van der Waals surface area contributed by atoms with Crippen LogP contribution < -0.4 is 0 Å². The van der Waals surface area contributed by atoms with Crippen molar-refractivity contribution in [2.24, 2.45) is 29.6 Å². The van der Waals surface area contributed by atoms with Crippen molar-refractivity contribution in [3.8, 4) is 6.07 Å². The van der Waals surface area contributed by atoms with Crippen molar-refractivity contribution in [1.29, 1.82) is 5.26 Å². The third kappa shape index (κ3) is 1.96. The Hall–Kier alpha value is -1.57. The number of fused-ring (bicyclic) bond motifs is 1. The number of ether oxygens (including phenoxy) is 2. The van der Waals surface area contributed by atoms with Crippen molar-refractivity contribution >= 4 is 11.9 Å². The first kappa shape index (κ1) is 12.9. The number of hydrogen-bond acceptors (Lipinski definition) is 5. The zero-order valence-corrected chi connectivity index (χ0v) is 10.6. The van der Waals surface area contributed by atoms with Gasteiger partial charge in [-0.1, -0.05) is 0 Å². The second kappa shape index (κ2) is 4.97. The summed E-state index contributed by atoms with van der Waals surface area (Å²) in [6, 6.07) is 2.27. The first-order chi connectivity index (χ1) is 8.62. The molecule has 2 aliphatic rings. The van der Waals surface area contributed by atoms with Gasteiger partial charge in [-0.3, -0.25) is 9.59 Å². The summed E-state index contributed by atoms with van der Waals surface area (Å²) in [5.74, 6) is -0.944. The fraction of sp³-hybridized carbons (Fsp3) is 0.769. The molecule has 0 N–H and O–H groups in total. The van der Waals surface area contributed by atoms with Gasteiger partial charge in [0.1, 0.15) is 0 Å². The Morgan fingerprint density at radius 2 is 1.61 bits per heavy atom. The predicted octanol–water partition coefficient (Wildman–Crippen LogP) is 1.13. The number of rotatable bonds is 2. The van der Waals surface area contributed by atoms with Gasteiger partial charge in [-0.15, -0.1) is 0 Å². The average molecular weight is 251 g/mol. The summed E-state index contributed by atoms with van der Waals surface area (Å²) in [6.07, 6.45) is 2.03. The van der Waals surface area contributed by atoms with E-state index in [2.05, 4.69) is 6.07 Å². The van der Waals surface area contributed by atoms with Crippen LogP contribution >= 0.6 is 0 Å². The van der Waals surface area contributed by atoms with Crippen LogP contribution in [0.4, 0.5) is 0 Å². The second-order valence-corrected chi connectivity index (χ2v) is 5.13. The van der Waals surface area contributed by atoms with Crippen LogP contribution in [0.3, 0.4) is 0 Å². The molecule has 0 heterocycles. The smallest absolute Gasteiger partial charge is 0.309 e. The zero-order chi connectivity index (χ0) is 13.3. The maximum Gasteiger partial charge on any atom is 0.309 e. The topological polar surface area (TPSA) is 76.4 Å². The molecule has 0 aliphatic heterocycles. The number of carbonyl (C=O) groups excluding carboxylic acids is 2. The Labute approximate surface area is 106 Å². The highest BCUT2D eigenvalue weighted by Crippen LogP contribution is 2.52. The lowest BCUT2D eigenvalue weighted by Crippen LogP contribution is -2.48. The van der Waals surface area contributed by atoms with Gasteiger partial charge in [0.05, 0.1) is 32.1 Å². The lowest BCUT2D eigenvalue weighted by Gasteiger charge is -2.48. The second-order valence-electron chi connectivity index (χ2n) is 5.13. The van der Waals surface area contributed by atoms with Gasteiger partial charge in [0.15, 0.2) is 0 Å². The van der Waals surface area contributed by atoms with Crippen LogP contribution in [-0.2, 0) is 19.1 Å². The molecule has 98 valence electrons. The van der Waals surface area contributed by atoms with Crippen LogP contribution in [0.2, 0.25) is 0 Å². The molecule has 0 aromatic heterocycles.